The number of esters is 2. The molecular weight excluding hydrogens is 410 g/mol. The largest absolute Gasteiger partial charge is 0.473 e. The molecule has 168 valence electrons. The average Bonchev–Trinajstić information content (AvgIpc) is 2.53. The number of carbonyl (C=O) groups is 2. The molecule has 0 aliphatic carbocycles. The molecule has 0 aliphatic heterocycles. The molecule has 0 saturated carbocycles. The van der Waals surface area contributed by atoms with Gasteiger partial charge in [-0.05, 0) is 20.5 Å². The van der Waals surface area contributed by atoms with Gasteiger partial charge in [-0.2, -0.15) is 13.2 Å². The minimum atomic E-state index is -4.51. The first-order chi connectivity index (χ1) is 12.3. The van der Waals surface area contributed by atoms with E-state index in [1.807, 2.05) is 0 Å². The van der Waals surface area contributed by atoms with E-state index < -0.39 is 58.1 Å². The number of hydrogen-bond donors (Lipinski definition) is 1. The van der Waals surface area contributed by atoms with E-state index in [2.05, 4.69) is 13.8 Å². The van der Waals surface area contributed by atoms with Crippen LogP contribution in [0.15, 0.2) is 0 Å². The van der Waals surface area contributed by atoms with Crippen molar-refractivity contribution in [2.45, 2.75) is 52.3 Å². The number of halogens is 3. The zero-order valence-corrected chi connectivity index (χ0v) is 16.3. The standard InChI is InChI=1S/C14H25F3NO8P.CH4/c1-4-5-13(20)26-11(8-23-12(19)6-7-14(15,16)17)9-24-27(21,22)25-10-18(2)3;/h11H,4-10H2,1-3H3,(H,21,22);1H4. The third kappa shape index (κ3) is 16.9. The Balaban J connectivity index is 0. The van der Waals surface area contributed by atoms with Crippen LogP contribution in [0.5, 0.6) is 0 Å². The van der Waals surface area contributed by atoms with Crippen molar-refractivity contribution in [2.24, 2.45) is 0 Å². The number of hydrogen-bond acceptors (Lipinski definition) is 8. The number of ether oxygens (including phenoxy) is 2. The summed E-state index contributed by atoms with van der Waals surface area (Å²) >= 11 is 0. The number of alkyl halides is 3. The molecule has 28 heavy (non-hydrogen) atoms. The Bertz CT molecular complexity index is 516. The van der Waals surface area contributed by atoms with Crippen molar-refractivity contribution in [2.75, 3.05) is 34.0 Å². The molecule has 13 heteroatoms. The molecule has 0 fully saturated rings. The fraction of sp³-hybridized carbons (Fsp3) is 0.867. The molecular formula is C15H29F3NO8P. The van der Waals surface area contributed by atoms with Gasteiger partial charge in [0.2, 0.25) is 0 Å². The van der Waals surface area contributed by atoms with E-state index in [0.717, 1.165) is 0 Å². The lowest BCUT2D eigenvalue weighted by atomic mass is 10.3. The zero-order valence-electron chi connectivity index (χ0n) is 15.4. The quantitative estimate of drug-likeness (QED) is 0.263. The normalized spacial score (nSPS) is 14.7. The molecule has 2 atom stereocenters. The molecule has 9 nitrogen and oxygen atoms in total. The number of phosphoric acid groups is 1. The van der Waals surface area contributed by atoms with Crippen molar-refractivity contribution in [1.29, 1.82) is 0 Å². The van der Waals surface area contributed by atoms with Crippen LogP contribution >= 0.6 is 7.82 Å². The van der Waals surface area contributed by atoms with Crippen molar-refractivity contribution < 1.29 is 50.7 Å². The second-order valence-electron chi connectivity index (χ2n) is 5.76. The topological polar surface area (TPSA) is 112 Å². The first-order valence-corrected chi connectivity index (χ1v) is 9.52. The summed E-state index contributed by atoms with van der Waals surface area (Å²) < 4.78 is 66.8. The molecule has 0 bridgehead atoms. The van der Waals surface area contributed by atoms with Crippen LogP contribution in [0, 0.1) is 0 Å². The predicted octanol–water partition coefficient (Wildman–Crippen LogP) is 2.87. The molecule has 0 amide bonds. The molecule has 0 aliphatic rings. The summed E-state index contributed by atoms with van der Waals surface area (Å²) in [5.74, 6) is -1.83. The molecule has 0 spiro atoms. The molecule has 0 radical (unpaired) electrons. The van der Waals surface area contributed by atoms with E-state index in [9.17, 15) is 32.2 Å². The second-order valence-corrected chi connectivity index (χ2v) is 7.22. The van der Waals surface area contributed by atoms with Gasteiger partial charge < -0.3 is 14.4 Å². The number of rotatable bonds is 13. The first kappa shape index (κ1) is 29.0. The summed E-state index contributed by atoms with van der Waals surface area (Å²) in [6.45, 7) is 0.213. The lowest BCUT2D eigenvalue weighted by Gasteiger charge is -2.20. The lowest BCUT2D eigenvalue weighted by Crippen LogP contribution is -2.30. The Morgan fingerprint density at radius 1 is 1.11 bits per heavy atom. The highest BCUT2D eigenvalue weighted by Gasteiger charge is 2.29. The van der Waals surface area contributed by atoms with Gasteiger partial charge in [0, 0.05) is 6.42 Å². The minimum Gasteiger partial charge on any atom is -0.462 e. The van der Waals surface area contributed by atoms with Crippen molar-refractivity contribution in [3.05, 3.63) is 0 Å². The van der Waals surface area contributed by atoms with Crippen molar-refractivity contribution in [3.8, 4) is 0 Å². The highest BCUT2D eigenvalue weighted by molar-refractivity contribution is 7.47. The third-order valence-electron chi connectivity index (χ3n) is 2.70. The van der Waals surface area contributed by atoms with Crippen LogP contribution in [-0.2, 0) is 32.7 Å². The Kier molecular flexibility index (Phi) is 14.4. The highest BCUT2D eigenvalue weighted by Crippen LogP contribution is 2.43. The molecule has 0 rings (SSSR count). The van der Waals surface area contributed by atoms with E-state index in [1.165, 1.54) is 4.90 Å². The first-order valence-electron chi connectivity index (χ1n) is 8.03. The Morgan fingerprint density at radius 2 is 1.71 bits per heavy atom. The Hall–Kier alpha value is -1.20. The van der Waals surface area contributed by atoms with Gasteiger partial charge in [-0.1, -0.05) is 14.4 Å². The minimum absolute atomic E-state index is 0. The van der Waals surface area contributed by atoms with Crippen LogP contribution in [0.1, 0.15) is 40.0 Å². The summed E-state index contributed by atoms with van der Waals surface area (Å²) in [4.78, 5) is 33.9. The molecule has 0 aromatic carbocycles. The number of carbonyl (C=O) groups excluding carboxylic acids is 2. The maximum Gasteiger partial charge on any atom is 0.473 e. The lowest BCUT2D eigenvalue weighted by molar-refractivity contribution is -0.165. The predicted molar refractivity (Wildman–Crippen MR) is 93.2 cm³/mol. The summed E-state index contributed by atoms with van der Waals surface area (Å²) in [5.41, 5.74) is 0. The zero-order chi connectivity index (χ0) is 21.1. The van der Waals surface area contributed by atoms with Crippen molar-refractivity contribution in [3.63, 3.8) is 0 Å². The smallest absolute Gasteiger partial charge is 0.462 e. The fourth-order valence-electron chi connectivity index (χ4n) is 1.47. The maximum absolute atomic E-state index is 12.1. The summed E-state index contributed by atoms with van der Waals surface area (Å²) in [5, 5.41) is 0. The monoisotopic (exact) mass is 439 g/mol. The van der Waals surface area contributed by atoms with E-state index in [1.54, 1.807) is 21.0 Å². The van der Waals surface area contributed by atoms with Gasteiger partial charge in [0.15, 0.2) is 6.10 Å². The van der Waals surface area contributed by atoms with Crippen LogP contribution in [0.3, 0.4) is 0 Å². The average molecular weight is 439 g/mol. The van der Waals surface area contributed by atoms with Crippen LogP contribution in [0.4, 0.5) is 13.2 Å². The third-order valence-corrected chi connectivity index (χ3v) is 3.61. The van der Waals surface area contributed by atoms with Gasteiger partial charge in [-0.25, -0.2) is 4.57 Å². The van der Waals surface area contributed by atoms with Crippen molar-refractivity contribution >= 4 is 19.8 Å². The van der Waals surface area contributed by atoms with E-state index in [4.69, 9.17) is 4.74 Å². The van der Waals surface area contributed by atoms with Gasteiger partial charge in [0.05, 0.1) is 19.4 Å². The summed E-state index contributed by atoms with van der Waals surface area (Å²) in [7, 11) is -1.31. The molecule has 0 heterocycles. The molecule has 2 unspecified atom stereocenters. The molecule has 0 saturated heterocycles. The van der Waals surface area contributed by atoms with E-state index >= 15 is 0 Å². The number of nitrogens with zero attached hydrogens (tertiary/aromatic N) is 1. The molecule has 0 aromatic rings. The van der Waals surface area contributed by atoms with Crippen LogP contribution in [0.25, 0.3) is 0 Å². The SMILES string of the molecule is C.CCCC(=O)OC(COC(=O)CCC(F)(F)F)COP(=O)(O)OCN(C)C. The molecule has 1 N–H and O–H groups in total. The van der Waals surface area contributed by atoms with Crippen LogP contribution in [0.2, 0.25) is 0 Å². The van der Waals surface area contributed by atoms with Gasteiger partial charge in [0.1, 0.15) is 13.3 Å². The van der Waals surface area contributed by atoms with E-state index in [0.29, 0.717) is 6.42 Å². The van der Waals surface area contributed by atoms with E-state index in [-0.39, 0.29) is 20.6 Å². The van der Waals surface area contributed by atoms with Gasteiger partial charge in [0.25, 0.3) is 0 Å². The number of phosphoric ester groups is 1. The second kappa shape index (κ2) is 13.9. The Morgan fingerprint density at radius 3 is 2.21 bits per heavy atom. The summed E-state index contributed by atoms with van der Waals surface area (Å²) in [6, 6.07) is 0. The van der Waals surface area contributed by atoms with Crippen LogP contribution in [-0.4, -0.2) is 68.1 Å². The van der Waals surface area contributed by atoms with Crippen molar-refractivity contribution in [1.82, 2.24) is 4.90 Å². The summed E-state index contributed by atoms with van der Waals surface area (Å²) in [6.07, 6.45) is -7.55. The Labute approximate surface area is 162 Å². The van der Waals surface area contributed by atoms with Gasteiger partial charge >= 0.3 is 25.9 Å². The maximum atomic E-state index is 12.1. The molecule has 0 aromatic heterocycles. The highest BCUT2D eigenvalue weighted by atomic mass is 31.2. The fourth-order valence-corrected chi connectivity index (χ4v) is 2.28. The van der Waals surface area contributed by atoms with Gasteiger partial charge in [-0.3, -0.25) is 23.5 Å². The van der Waals surface area contributed by atoms with Crippen LogP contribution < -0.4 is 0 Å². The van der Waals surface area contributed by atoms with Gasteiger partial charge in [-0.15, -0.1) is 0 Å².